The summed E-state index contributed by atoms with van der Waals surface area (Å²) < 4.78 is 26.1. The molecule has 1 atom stereocenters. The minimum Gasteiger partial charge on any atom is -0.481 e. The largest absolute Gasteiger partial charge is 0.481 e. The van der Waals surface area contributed by atoms with Crippen LogP contribution in [0, 0.1) is 5.92 Å². The number of rotatable bonds is 6. The predicted octanol–water partition coefficient (Wildman–Crippen LogP) is 0.850. The van der Waals surface area contributed by atoms with Gasteiger partial charge in [-0.25, -0.2) is 13.1 Å². The molecule has 2 rings (SSSR count). The second-order valence-electron chi connectivity index (χ2n) is 5.84. The number of carbonyl (C=O) groups excluding carboxylic acids is 1. The molecule has 24 heavy (non-hydrogen) atoms. The Morgan fingerprint density at radius 3 is 2.54 bits per heavy atom. The number of nitrogens with one attached hydrogen (secondary N) is 1. The number of likely N-dealkylation sites (tertiary alicyclic amines) is 1. The van der Waals surface area contributed by atoms with Gasteiger partial charge in [-0.1, -0.05) is 19.1 Å². The monoisotopic (exact) mass is 354 g/mol. The lowest BCUT2D eigenvalue weighted by Crippen LogP contribution is -2.43. The molecule has 1 aliphatic heterocycles. The van der Waals surface area contributed by atoms with Crippen LogP contribution in [0.25, 0.3) is 0 Å². The lowest BCUT2D eigenvalue weighted by atomic mass is 9.97. The molecule has 0 spiro atoms. The molecule has 0 radical (unpaired) electrons. The highest BCUT2D eigenvalue weighted by atomic mass is 32.2. The van der Waals surface area contributed by atoms with E-state index in [1.165, 1.54) is 12.1 Å². The summed E-state index contributed by atoms with van der Waals surface area (Å²) in [6.45, 7) is 2.81. The van der Waals surface area contributed by atoms with Gasteiger partial charge in [-0.15, -0.1) is 0 Å². The molecule has 0 saturated carbocycles. The zero-order chi connectivity index (χ0) is 17.7. The summed E-state index contributed by atoms with van der Waals surface area (Å²) >= 11 is 0. The van der Waals surface area contributed by atoms with E-state index in [-0.39, 0.29) is 23.8 Å². The molecule has 0 aliphatic carbocycles. The number of sulfonamides is 1. The summed E-state index contributed by atoms with van der Waals surface area (Å²) in [6, 6.07) is 6.16. The molecular weight excluding hydrogens is 332 g/mol. The van der Waals surface area contributed by atoms with Gasteiger partial charge in [0.25, 0.3) is 0 Å². The lowest BCUT2D eigenvalue weighted by Gasteiger charge is -2.30. The third kappa shape index (κ3) is 4.55. The van der Waals surface area contributed by atoms with E-state index in [0.29, 0.717) is 31.5 Å². The minimum atomic E-state index is -3.50. The average molecular weight is 354 g/mol. The molecule has 1 aliphatic rings. The molecule has 1 heterocycles. The van der Waals surface area contributed by atoms with Gasteiger partial charge >= 0.3 is 5.97 Å². The lowest BCUT2D eigenvalue weighted by molar-refractivity contribution is -0.145. The number of piperidine rings is 1. The van der Waals surface area contributed by atoms with Crippen molar-refractivity contribution < 1.29 is 23.1 Å². The fourth-order valence-corrected chi connectivity index (χ4v) is 3.79. The zero-order valence-corrected chi connectivity index (χ0v) is 14.4. The molecule has 1 fully saturated rings. The molecule has 1 amide bonds. The molecule has 8 heteroatoms. The normalized spacial score (nSPS) is 18.4. The van der Waals surface area contributed by atoms with E-state index < -0.39 is 21.9 Å². The number of hydrogen-bond donors (Lipinski definition) is 2. The van der Waals surface area contributed by atoms with Crippen LogP contribution in [0.2, 0.25) is 0 Å². The van der Waals surface area contributed by atoms with E-state index in [2.05, 4.69) is 4.72 Å². The summed E-state index contributed by atoms with van der Waals surface area (Å²) in [4.78, 5) is 25.1. The fourth-order valence-electron chi connectivity index (χ4n) is 2.75. The fraction of sp³-hybridized carbons (Fsp3) is 0.500. The van der Waals surface area contributed by atoms with Gasteiger partial charge in [0.2, 0.25) is 15.9 Å². The Morgan fingerprint density at radius 2 is 1.96 bits per heavy atom. The van der Waals surface area contributed by atoms with Gasteiger partial charge in [-0.3, -0.25) is 9.59 Å². The molecule has 1 aromatic carbocycles. The predicted molar refractivity (Wildman–Crippen MR) is 87.9 cm³/mol. The third-order valence-electron chi connectivity index (χ3n) is 4.05. The highest BCUT2D eigenvalue weighted by molar-refractivity contribution is 7.89. The first kappa shape index (κ1) is 18.4. The maximum atomic E-state index is 12.3. The van der Waals surface area contributed by atoms with Crippen molar-refractivity contribution in [3.8, 4) is 0 Å². The van der Waals surface area contributed by atoms with Gasteiger partial charge in [-0.05, 0) is 30.5 Å². The number of carboxylic acid groups (broad SMARTS) is 1. The molecule has 132 valence electrons. The van der Waals surface area contributed by atoms with Gasteiger partial charge in [0, 0.05) is 19.6 Å². The Balaban J connectivity index is 2.01. The number of aliphatic carboxylic acids is 1. The molecule has 2 N–H and O–H groups in total. The molecule has 1 unspecified atom stereocenters. The number of benzene rings is 1. The summed E-state index contributed by atoms with van der Waals surface area (Å²) in [5.41, 5.74) is 0.702. The van der Waals surface area contributed by atoms with Crippen LogP contribution in [-0.4, -0.2) is 49.9 Å². The van der Waals surface area contributed by atoms with Crippen molar-refractivity contribution in [2.45, 2.75) is 31.1 Å². The standard InChI is InChI=1S/C16H22N2O5S/c1-2-17-24(22,23)14-7-5-12(6-8-14)10-15(19)18-9-3-4-13(11-18)16(20)21/h5-8,13,17H,2-4,9-11H2,1H3,(H,20,21). The van der Waals surface area contributed by atoms with E-state index in [0.717, 1.165) is 0 Å². The summed E-state index contributed by atoms with van der Waals surface area (Å²) in [5, 5.41) is 9.08. The Morgan fingerprint density at radius 1 is 1.29 bits per heavy atom. The van der Waals surface area contributed by atoms with Crippen LogP contribution in [0.5, 0.6) is 0 Å². The maximum Gasteiger partial charge on any atom is 0.308 e. The Bertz CT molecular complexity index is 700. The molecule has 0 bridgehead atoms. The van der Waals surface area contributed by atoms with Gasteiger partial charge in [-0.2, -0.15) is 0 Å². The van der Waals surface area contributed by atoms with Crippen molar-refractivity contribution in [3.63, 3.8) is 0 Å². The van der Waals surface area contributed by atoms with Crippen LogP contribution >= 0.6 is 0 Å². The molecular formula is C16H22N2O5S. The van der Waals surface area contributed by atoms with Crippen LogP contribution < -0.4 is 4.72 Å². The number of carboxylic acids is 1. The Hall–Kier alpha value is -1.93. The van der Waals surface area contributed by atoms with E-state index in [1.54, 1.807) is 24.0 Å². The van der Waals surface area contributed by atoms with Crippen molar-refractivity contribution >= 4 is 21.9 Å². The van der Waals surface area contributed by atoms with Crippen molar-refractivity contribution in [3.05, 3.63) is 29.8 Å². The average Bonchev–Trinajstić information content (AvgIpc) is 2.55. The topological polar surface area (TPSA) is 104 Å². The third-order valence-corrected chi connectivity index (χ3v) is 5.61. The number of nitrogens with zero attached hydrogens (tertiary/aromatic N) is 1. The summed E-state index contributed by atoms with van der Waals surface area (Å²) in [7, 11) is -3.50. The van der Waals surface area contributed by atoms with E-state index in [1.807, 2.05) is 0 Å². The van der Waals surface area contributed by atoms with E-state index in [9.17, 15) is 18.0 Å². The first-order chi connectivity index (χ1) is 11.3. The van der Waals surface area contributed by atoms with Gasteiger partial charge in [0.05, 0.1) is 17.2 Å². The van der Waals surface area contributed by atoms with Crippen molar-refractivity contribution in [1.29, 1.82) is 0 Å². The number of amides is 1. The van der Waals surface area contributed by atoms with Gasteiger partial charge in [0.1, 0.15) is 0 Å². The SMILES string of the molecule is CCNS(=O)(=O)c1ccc(CC(=O)N2CCCC(C(=O)O)C2)cc1. The minimum absolute atomic E-state index is 0.133. The van der Waals surface area contributed by atoms with Crippen LogP contribution in [0.15, 0.2) is 29.2 Å². The van der Waals surface area contributed by atoms with Crippen molar-refractivity contribution in [1.82, 2.24) is 9.62 Å². The molecule has 0 aromatic heterocycles. The van der Waals surface area contributed by atoms with Gasteiger partial charge in [0.15, 0.2) is 0 Å². The van der Waals surface area contributed by atoms with Crippen LogP contribution in [-0.2, 0) is 26.0 Å². The molecule has 7 nitrogen and oxygen atoms in total. The van der Waals surface area contributed by atoms with Crippen LogP contribution in [0.3, 0.4) is 0 Å². The zero-order valence-electron chi connectivity index (χ0n) is 13.6. The van der Waals surface area contributed by atoms with Crippen molar-refractivity contribution in [2.75, 3.05) is 19.6 Å². The van der Waals surface area contributed by atoms with Crippen LogP contribution in [0.1, 0.15) is 25.3 Å². The first-order valence-corrected chi connectivity index (χ1v) is 9.41. The number of carbonyl (C=O) groups is 2. The van der Waals surface area contributed by atoms with Gasteiger partial charge < -0.3 is 10.0 Å². The molecule has 1 aromatic rings. The second-order valence-corrected chi connectivity index (χ2v) is 7.61. The van der Waals surface area contributed by atoms with E-state index >= 15 is 0 Å². The van der Waals surface area contributed by atoms with Crippen molar-refractivity contribution in [2.24, 2.45) is 5.92 Å². The highest BCUT2D eigenvalue weighted by Gasteiger charge is 2.28. The quantitative estimate of drug-likeness (QED) is 0.788. The second kappa shape index (κ2) is 7.76. The Kier molecular flexibility index (Phi) is 5.95. The number of hydrogen-bond acceptors (Lipinski definition) is 4. The van der Waals surface area contributed by atoms with Crippen LogP contribution in [0.4, 0.5) is 0 Å². The summed E-state index contributed by atoms with van der Waals surface area (Å²) in [5.74, 6) is -1.51. The van der Waals surface area contributed by atoms with E-state index in [4.69, 9.17) is 5.11 Å². The summed E-state index contributed by atoms with van der Waals surface area (Å²) in [6.07, 6.45) is 1.41. The first-order valence-electron chi connectivity index (χ1n) is 7.92. The highest BCUT2D eigenvalue weighted by Crippen LogP contribution is 2.18. The smallest absolute Gasteiger partial charge is 0.308 e. The maximum absolute atomic E-state index is 12.3. The Labute approximate surface area is 141 Å². The molecule has 1 saturated heterocycles.